The predicted molar refractivity (Wildman–Crippen MR) is 58.8 cm³/mol. The number of aromatic nitrogens is 1. The highest BCUT2D eigenvalue weighted by molar-refractivity contribution is 5.43. The number of nitrogens with zero attached hydrogens (tertiary/aromatic N) is 1. The lowest BCUT2D eigenvalue weighted by Gasteiger charge is -2.17. The maximum atomic E-state index is 5.93. The summed E-state index contributed by atoms with van der Waals surface area (Å²) in [5.41, 5.74) is 8.74. The summed E-state index contributed by atoms with van der Waals surface area (Å²) in [6, 6.07) is -0.0909. The average Bonchev–Trinajstić information content (AvgIpc) is 2.20. The molecule has 1 rings (SSSR count). The van der Waals surface area contributed by atoms with Crippen LogP contribution in [-0.2, 0) is 11.3 Å². The van der Waals surface area contributed by atoms with Crippen LogP contribution in [0.5, 0.6) is 5.75 Å². The molecule has 4 nitrogen and oxygen atoms in total. The first-order valence-electron chi connectivity index (χ1n) is 4.88. The molecule has 0 unspecified atom stereocenters. The van der Waals surface area contributed by atoms with E-state index in [9.17, 15) is 0 Å². The van der Waals surface area contributed by atoms with Crippen molar-refractivity contribution in [1.82, 2.24) is 4.98 Å². The molecular weight excluding hydrogens is 192 g/mol. The van der Waals surface area contributed by atoms with Gasteiger partial charge >= 0.3 is 0 Å². The molecule has 0 saturated carbocycles. The Bertz CT molecular complexity index is 338. The minimum Gasteiger partial charge on any atom is -0.494 e. The van der Waals surface area contributed by atoms with Crippen LogP contribution in [0.3, 0.4) is 0 Å². The highest BCUT2D eigenvalue weighted by Crippen LogP contribution is 2.29. The lowest BCUT2D eigenvalue weighted by Crippen LogP contribution is -2.12. The summed E-state index contributed by atoms with van der Waals surface area (Å²) in [7, 11) is 3.28. The monoisotopic (exact) mass is 210 g/mol. The Hall–Kier alpha value is -1.13. The van der Waals surface area contributed by atoms with E-state index in [2.05, 4.69) is 4.98 Å². The van der Waals surface area contributed by atoms with E-state index < -0.39 is 0 Å². The zero-order valence-electron chi connectivity index (χ0n) is 9.70. The smallest absolute Gasteiger partial charge is 0.145 e. The molecule has 0 spiro atoms. The minimum atomic E-state index is -0.0909. The van der Waals surface area contributed by atoms with Gasteiger partial charge in [0.2, 0.25) is 0 Å². The van der Waals surface area contributed by atoms with Crippen molar-refractivity contribution in [1.29, 1.82) is 0 Å². The van der Waals surface area contributed by atoms with Gasteiger partial charge in [-0.15, -0.1) is 0 Å². The van der Waals surface area contributed by atoms with E-state index in [0.717, 1.165) is 22.6 Å². The number of rotatable bonds is 4. The zero-order valence-corrected chi connectivity index (χ0v) is 9.70. The Morgan fingerprint density at radius 3 is 2.60 bits per heavy atom. The fourth-order valence-electron chi connectivity index (χ4n) is 1.67. The lowest BCUT2D eigenvalue weighted by molar-refractivity contribution is 0.183. The lowest BCUT2D eigenvalue weighted by atomic mass is 10.0. The quantitative estimate of drug-likeness (QED) is 0.819. The van der Waals surface area contributed by atoms with Gasteiger partial charge in [-0.25, -0.2) is 0 Å². The van der Waals surface area contributed by atoms with Crippen LogP contribution < -0.4 is 10.5 Å². The zero-order chi connectivity index (χ0) is 11.4. The molecule has 0 saturated heterocycles. The van der Waals surface area contributed by atoms with Crippen molar-refractivity contribution in [3.8, 4) is 5.75 Å². The van der Waals surface area contributed by atoms with E-state index in [1.807, 2.05) is 13.8 Å². The van der Waals surface area contributed by atoms with E-state index in [-0.39, 0.29) is 6.04 Å². The van der Waals surface area contributed by atoms with Gasteiger partial charge in [0.25, 0.3) is 0 Å². The maximum Gasteiger partial charge on any atom is 0.145 e. The second-order valence-corrected chi connectivity index (χ2v) is 3.54. The summed E-state index contributed by atoms with van der Waals surface area (Å²) in [5, 5.41) is 0. The van der Waals surface area contributed by atoms with Crippen LogP contribution in [0, 0.1) is 6.92 Å². The van der Waals surface area contributed by atoms with Gasteiger partial charge in [0, 0.05) is 30.5 Å². The van der Waals surface area contributed by atoms with Crippen LogP contribution in [0.2, 0.25) is 0 Å². The number of nitrogens with two attached hydrogens (primary N) is 1. The maximum absolute atomic E-state index is 5.93. The van der Waals surface area contributed by atoms with Crippen molar-refractivity contribution in [2.24, 2.45) is 5.73 Å². The fourth-order valence-corrected chi connectivity index (χ4v) is 1.67. The number of hydrogen-bond acceptors (Lipinski definition) is 4. The molecule has 1 atom stereocenters. The predicted octanol–water partition coefficient (Wildman–Crippen LogP) is 1.56. The first-order valence-corrected chi connectivity index (χ1v) is 4.88. The average molecular weight is 210 g/mol. The third-order valence-corrected chi connectivity index (χ3v) is 2.29. The molecule has 0 aliphatic heterocycles. The molecule has 1 aromatic heterocycles. The van der Waals surface area contributed by atoms with Crippen molar-refractivity contribution < 1.29 is 9.47 Å². The van der Waals surface area contributed by atoms with Crippen LogP contribution >= 0.6 is 0 Å². The van der Waals surface area contributed by atoms with Gasteiger partial charge in [0.05, 0.1) is 19.4 Å². The molecule has 1 heterocycles. The van der Waals surface area contributed by atoms with Crippen LogP contribution in [-0.4, -0.2) is 19.2 Å². The van der Waals surface area contributed by atoms with E-state index in [1.54, 1.807) is 20.4 Å². The summed E-state index contributed by atoms with van der Waals surface area (Å²) in [6.45, 7) is 4.33. The first-order chi connectivity index (χ1) is 7.11. The van der Waals surface area contributed by atoms with E-state index in [4.69, 9.17) is 15.2 Å². The largest absolute Gasteiger partial charge is 0.494 e. The molecule has 0 aliphatic rings. The Morgan fingerprint density at radius 1 is 1.47 bits per heavy atom. The number of aryl methyl sites for hydroxylation is 1. The third-order valence-electron chi connectivity index (χ3n) is 2.29. The third kappa shape index (κ3) is 2.46. The van der Waals surface area contributed by atoms with Gasteiger partial charge in [-0.2, -0.15) is 0 Å². The molecule has 0 aromatic carbocycles. The van der Waals surface area contributed by atoms with Gasteiger partial charge in [-0.05, 0) is 13.8 Å². The Balaban J connectivity index is 3.28. The summed E-state index contributed by atoms with van der Waals surface area (Å²) >= 11 is 0. The van der Waals surface area contributed by atoms with Gasteiger partial charge in [0.15, 0.2) is 0 Å². The summed E-state index contributed by atoms with van der Waals surface area (Å²) < 4.78 is 10.4. The van der Waals surface area contributed by atoms with Crippen molar-refractivity contribution >= 4 is 0 Å². The summed E-state index contributed by atoms with van der Waals surface area (Å²) in [4.78, 5) is 4.25. The van der Waals surface area contributed by atoms with Gasteiger partial charge in [-0.3, -0.25) is 4.98 Å². The van der Waals surface area contributed by atoms with Gasteiger partial charge < -0.3 is 15.2 Å². The highest BCUT2D eigenvalue weighted by Gasteiger charge is 2.16. The van der Waals surface area contributed by atoms with E-state index >= 15 is 0 Å². The molecule has 0 bridgehead atoms. The molecule has 0 aliphatic carbocycles. The van der Waals surface area contributed by atoms with Gasteiger partial charge in [0.1, 0.15) is 5.75 Å². The first kappa shape index (κ1) is 11.9. The van der Waals surface area contributed by atoms with Crippen molar-refractivity contribution in [3.05, 3.63) is 23.0 Å². The molecule has 0 radical (unpaired) electrons. The topological polar surface area (TPSA) is 57.4 Å². The van der Waals surface area contributed by atoms with Crippen LogP contribution in [0.25, 0.3) is 0 Å². The molecule has 2 N–H and O–H groups in total. The SMILES string of the molecule is COCc1cnc(C)c(OC)c1[C@@H](C)N. The number of hydrogen-bond donors (Lipinski definition) is 1. The van der Waals surface area contributed by atoms with E-state index in [1.165, 1.54) is 0 Å². The molecular formula is C11H18N2O2. The van der Waals surface area contributed by atoms with Crippen molar-refractivity contribution in [3.63, 3.8) is 0 Å². The molecule has 0 amide bonds. The molecule has 15 heavy (non-hydrogen) atoms. The Kier molecular flexibility index (Phi) is 4.05. The molecule has 1 aromatic rings. The number of methoxy groups -OCH3 is 2. The number of pyridine rings is 1. The molecule has 4 heteroatoms. The highest BCUT2D eigenvalue weighted by atomic mass is 16.5. The van der Waals surface area contributed by atoms with Crippen LogP contribution in [0.1, 0.15) is 29.8 Å². The number of ether oxygens (including phenoxy) is 2. The second-order valence-electron chi connectivity index (χ2n) is 3.54. The Morgan fingerprint density at radius 2 is 2.13 bits per heavy atom. The van der Waals surface area contributed by atoms with Crippen LogP contribution in [0.15, 0.2) is 6.20 Å². The van der Waals surface area contributed by atoms with Gasteiger partial charge in [-0.1, -0.05) is 0 Å². The Labute approximate surface area is 90.4 Å². The normalized spacial score (nSPS) is 12.6. The van der Waals surface area contributed by atoms with Crippen molar-refractivity contribution in [2.45, 2.75) is 26.5 Å². The minimum absolute atomic E-state index is 0.0909. The fraction of sp³-hybridized carbons (Fsp3) is 0.545. The molecule has 0 fully saturated rings. The summed E-state index contributed by atoms with van der Waals surface area (Å²) in [5.74, 6) is 0.763. The van der Waals surface area contributed by atoms with E-state index in [0.29, 0.717) is 6.61 Å². The second kappa shape index (κ2) is 5.09. The standard InChI is InChI=1S/C11H18N2O2/c1-7(12)10-9(6-14-3)5-13-8(2)11(10)15-4/h5,7H,6,12H2,1-4H3/t7-/m1/s1. The van der Waals surface area contributed by atoms with Crippen molar-refractivity contribution in [2.75, 3.05) is 14.2 Å². The molecule has 84 valence electrons. The van der Waals surface area contributed by atoms with Crippen LogP contribution in [0.4, 0.5) is 0 Å². The summed E-state index contributed by atoms with van der Waals surface area (Å²) in [6.07, 6.45) is 1.79.